The second-order valence-electron chi connectivity index (χ2n) is 7.27. The Morgan fingerprint density at radius 3 is 2.79 bits per heavy atom. The smallest absolute Gasteiger partial charge is 0.225 e. The third kappa shape index (κ3) is 3.63. The Balaban J connectivity index is 1.56. The predicted molar refractivity (Wildman–Crippen MR) is 112 cm³/mol. The molecular weight excluding hydrogens is 353 g/mol. The van der Waals surface area contributed by atoms with Crippen LogP contribution in [0.4, 0.5) is 27.5 Å². The molecule has 1 aliphatic carbocycles. The van der Waals surface area contributed by atoms with Crippen molar-refractivity contribution in [1.29, 1.82) is 0 Å². The zero-order valence-electron chi connectivity index (χ0n) is 16.1. The summed E-state index contributed by atoms with van der Waals surface area (Å²) in [4.78, 5) is 10.9. The van der Waals surface area contributed by atoms with E-state index in [0.29, 0.717) is 17.5 Å². The summed E-state index contributed by atoms with van der Waals surface area (Å²) in [5.41, 5.74) is 10.8. The summed E-state index contributed by atoms with van der Waals surface area (Å²) in [5.74, 6) is 0.938. The van der Waals surface area contributed by atoms with Gasteiger partial charge in [-0.25, -0.2) is 9.37 Å². The fourth-order valence-electron chi connectivity index (χ4n) is 3.78. The SMILES string of the molecule is Cc1cc(N(C)c2ccccc2F)nc(N[C@@H]2CCc3c(N)cccc3C2)n1. The van der Waals surface area contributed by atoms with Gasteiger partial charge in [0.1, 0.15) is 11.6 Å². The van der Waals surface area contributed by atoms with Crippen LogP contribution in [0.2, 0.25) is 0 Å². The fourth-order valence-corrected chi connectivity index (χ4v) is 3.78. The summed E-state index contributed by atoms with van der Waals surface area (Å²) in [7, 11) is 1.81. The zero-order chi connectivity index (χ0) is 19.7. The second kappa shape index (κ2) is 7.46. The molecule has 4 rings (SSSR count). The molecule has 0 aliphatic heterocycles. The van der Waals surface area contributed by atoms with Gasteiger partial charge in [0, 0.05) is 30.5 Å². The van der Waals surface area contributed by atoms with E-state index >= 15 is 0 Å². The number of anilines is 4. The number of hydrogen-bond acceptors (Lipinski definition) is 5. The molecule has 5 nitrogen and oxygen atoms in total. The lowest BCUT2D eigenvalue weighted by molar-refractivity contribution is 0.607. The van der Waals surface area contributed by atoms with E-state index < -0.39 is 0 Å². The lowest BCUT2D eigenvalue weighted by Crippen LogP contribution is -2.29. The lowest BCUT2D eigenvalue weighted by atomic mass is 9.87. The van der Waals surface area contributed by atoms with Gasteiger partial charge in [-0.1, -0.05) is 24.3 Å². The van der Waals surface area contributed by atoms with Crippen LogP contribution in [-0.2, 0) is 12.8 Å². The maximum absolute atomic E-state index is 14.2. The Morgan fingerprint density at radius 2 is 1.96 bits per heavy atom. The van der Waals surface area contributed by atoms with Crippen LogP contribution in [0.1, 0.15) is 23.2 Å². The minimum Gasteiger partial charge on any atom is -0.398 e. The van der Waals surface area contributed by atoms with Gasteiger partial charge in [0.15, 0.2) is 0 Å². The molecule has 3 N–H and O–H groups in total. The number of nitrogen functional groups attached to an aromatic ring is 1. The molecule has 1 atom stereocenters. The molecule has 0 amide bonds. The van der Waals surface area contributed by atoms with Gasteiger partial charge in [-0.15, -0.1) is 0 Å². The summed E-state index contributed by atoms with van der Waals surface area (Å²) in [6, 6.07) is 14.9. The number of nitrogens with two attached hydrogens (primary N) is 1. The van der Waals surface area contributed by atoms with Gasteiger partial charge in [0.05, 0.1) is 5.69 Å². The number of hydrogen-bond donors (Lipinski definition) is 2. The van der Waals surface area contributed by atoms with E-state index in [1.807, 2.05) is 38.2 Å². The van der Waals surface area contributed by atoms with Gasteiger partial charge in [-0.2, -0.15) is 4.98 Å². The molecule has 0 spiro atoms. The first-order valence-corrected chi connectivity index (χ1v) is 9.48. The number of aromatic nitrogens is 2. The normalized spacial score (nSPS) is 15.8. The maximum Gasteiger partial charge on any atom is 0.225 e. The van der Waals surface area contributed by atoms with E-state index in [1.165, 1.54) is 17.2 Å². The van der Waals surface area contributed by atoms with Gasteiger partial charge < -0.3 is 16.0 Å². The number of nitrogens with zero attached hydrogens (tertiary/aromatic N) is 3. The van der Waals surface area contributed by atoms with Gasteiger partial charge in [0.2, 0.25) is 5.95 Å². The molecule has 144 valence electrons. The standard InChI is InChI=1S/C22H24FN5/c1-14-12-21(28(2)20-9-4-3-7-18(20)23)27-22(25-14)26-16-10-11-17-15(13-16)6-5-8-19(17)24/h3-9,12,16H,10-11,13,24H2,1-2H3,(H,25,26,27)/t16-/m1/s1. The summed E-state index contributed by atoms with van der Waals surface area (Å²) in [6.07, 6.45) is 2.79. The Hall–Kier alpha value is -3.15. The van der Waals surface area contributed by atoms with E-state index in [0.717, 1.165) is 30.6 Å². The third-order valence-corrected chi connectivity index (χ3v) is 5.25. The molecule has 1 heterocycles. The molecular formula is C22H24FN5. The highest BCUT2D eigenvalue weighted by molar-refractivity contribution is 5.61. The van der Waals surface area contributed by atoms with Crippen LogP contribution in [0.5, 0.6) is 0 Å². The summed E-state index contributed by atoms with van der Waals surface area (Å²) in [6.45, 7) is 1.92. The van der Waals surface area contributed by atoms with Crippen molar-refractivity contribution in [3.05, 3.63) is 71.2 Å². The number of fused-ring (bicyclic) bond motifs is 1. The van der Waals surface area contributed by atoms with E-state index in [4.69, 9.17) is 5.73 Å². The first-order valence-electron chi connectivity index (χ1n) is 9.48. The highest BCUT2D eigenvalue weighted by Crippen LogP contribution is 2.29. The van der Waals surface area contributed by atoms with Crippen LogP contribution < -0.4 is 16.0 Å². The maximum atomic E-state index is 14.2. The van der Waals surface area contributed by atoms with Crippen LogP contribution in [0, 0.1) is 12.7 Å². The first kappa shape index (κ1) is 18.2. The highest BCUT2D eigenvalue weighted by atomic mass is 19.1. The molecule has 1 aromatic heterocycles. The molecule has 6 heteroatoms. The molecule has 3 aromatic rings. The summed E-state index contributed by atoms with van der Waals surface area (Å²) < 4.78 is 14.2. The van der Waals surface area contributed by atoms with Crippen molar-refractivity contribution in [3.63, 3.8) is 0 Å². The fraction of sp³-hybridized carbons (Fsp3) is 0.273. The Morgan fingerprint density at radius 1 is 1.14 bits per heavy atom. The van der Waals surface area contributed by atoms with Crippen molar-refractivity contribution < 1.29 is 4.39 Å². The average molecular weight is 377 g/mol. The largest absolute Gasteiger partial charge is 0.398 e. The van der Waals surface area contributed by atoms with Crippen LogP contribution in [0.15, 0.2) is 48.5 Å². The van der Waals surface area contributed by atoms with Gasteiger partial charge in [-0.3, -0.25) is 0 Å². The van der Waals surface area contributed by atoms with Crippen molar-refractivity contribution in [2.24, 2.45) is 0 Å². The van der Waals surface area contributed by atoms with Crippen LogP contribution in [-0.4, -0.2) is 23.1 Å². The quantitative estimate of drug-likeness (QED) is 0.666. The molecule has 2 aromatic carbocycles. The minimum atomic E-state index is -0.280. The molecule has 0 radical (unpaired) electrons. The molecule has 0 fully saturated rings. The second-order valence-corrected chi connectivity index (χ2v) is 7.27. The van der Waals surface area contributed by atoms with Gasteiger partial charge >= 0.3 is 0 Å². The topological polar surface area (TPSA) is 67.1 Å². The van der Waals surface area contributed by atoms with E-state index in [-0.39, 0.29) is 11.9 Å². The number of benzene rings is 2. The zero-order valence-corrected chi connectivity index (χ0v) is 16.1. The number of aryl methyl sites for hydroxylation is 1. The van der Waals surface area contributed by atoms with Gasteiger partial charge in [-0.05, 0) is 55.5 Å². The van der Waals surface area contributed by atoms with Crippen LogP contribution >= 0.6 is 0 Å². The molecule has 28 heavy (non-hydrogen) atoms. The first-order chi connectivity index (χ1) is 13.5. The number of para-hydroxylation sites is 1. The van der Waals surface area contributed by atoms with Crippen molar-refractivity contribution >= 4 is 23.1 Å². The summed E-state index contributed by atoms with van der Waals surface area (Å²) in [5, 5.41) is 3.46. The lowest BCUT2D eigenvalue weighted by Gasteiger charge is -2.27. The number of rotatable bonds is 4. The molecule has 0 saturated heterocycles. The van der Waals surface area contributed by atoms with E-state index in [9.17, 15) is 4.39 Å². The minimum absolute atomic E-state index is 0.239. The number of nitrogens with one attached hydrogen (secondary N) is 1. The Labute approximate surface area is 164 Å². The van der Waals surface area contributed by atoms with Crippen molar-refractivity contribution in [1.82, 2.24) is 9.97 Å². The van der Waals surface area contributed by atoms with Crippen LogP contribution in [0.3, 0.4) is 0 Å². The highest BCUT2D eigenvalue weighted by Gasteiger charge is 2.21. The Bertz CT molecular complexity index is 1000. The summed E-state index contributed by atoms with van der Waals surface area (Å²) >= 11 is 0. The predicted octanol–water partition coefficient (Wildman–Crippen LogP) is 4.24. The average Bonchev–Trinajstić information content (AvgIpc) is 2.67. The molecule has 0 saturated carbocycles. The van der Waals surface area contributed by atoms with Crippen molar-refractivity contribution in [3.8, 4) is 0 Å². The Kier molecular flexibility index (Phi) is 4.86. The van der Waals surface area contributed by atoms with E-state index in [2.05, 4.69) is 21.4 Å². The van der Waals surface area contributed by atoms with Crippen LogP contribution in [0.25, 0.3) is 0 Å². The van der Waals surface area contributed by atoms with Crippen molar-refractivity contribution in [2.75, 3.05) is 23.0 Å². The van der Waals surface area contributed by atoms with E-state index in [1.54, 1.807) is 17.0 Å². The monoisotopic (exact) mass is 377 g/mol. The number of halogens is 1. The molecule has 0 unspecified atom stereocenters. The van der Waals surface area contributed by atoms with Crippen molar-refractivity contribution in [2.45, 2.75) is 32.2 Å². The third-order valence-electron chi connectivity index (χ3n) is 5.25. The molecule has 1 aliphatic rings. The molecule has 0 bridgehead atoms. The van der Waals surface area contributed by atoms with Gasteiger partial charge in [0.25, 0.3) is 0 Å².